The van der Waals surface area contributed by atoms with Crippen molar-refractivity contribution in [2.45, 2.75) is 25.4 Å². The molecule has 0 radical (unpaired) electrons. The predicted molar refractivity (Wildman–Crippen MR) is 77.5 cm³/mol. The third-order valence-electron chi connectivity index (χ3n) is 3.59. The highest BCUT2D eigenvalue weighted by Gasteiger charge is 2.35. The first-order chi connectivity index (χ1) is 8.01. The Labute approximate surface area is 116 Å². The number of nitrogens with two attached hydrogens (primary N) is 1. The van der Waals surface area contributed by atoms with E-state index in [-0.39, 0.29) is 11.6 Å². The minimum Gasteiger partial charge on any atom is -0.322 e. The van der Waals surface area contributed by atoms with Crippen LogP contribution in [-0.4, -0.2) is 36.6 Å². The van der Waals surface area contributed by atoms with Gasteiger partial charge in [0.05, 0.1) is 6.04 Å². The van der Waals surface area contributed by atoms with E-state index < -0.39 is 0 Å². The number of thiophene rings is 1. The fourth-order valence-electron chi connectivity index (χ4n) is 2.28. The normalized spacial score (nSPS) is 20.5. The minimum atomic E-state index is 0.00634. The van der Waals surface area contributed by atoms with Gasteiger partial charge in [-0.15, -0.1) is 11.3 Å². The van der Waals surface area contributed by atoms with Crippen molar-refractivity contribution in [1.29, 1.82) is 0 Å². The molecule has 1 aliphatic heterocycles. The molecule has 1 aromatic rings. The number of nitrogens with zero attached hydrogens (tertiary/aromatic N) is 1. The lowest BCUT2D eigenvalue weighted by atomic mass is 9.91. The van der Waals surface area contributed by atoms with Crippen molar-refractivity contribution in [3.8, 4) is 0 Å². The molecule has 5 heteroatoms. The van der Waals surface area contributed by atoms with Gasteiger partial charge in [-0.05, 0) is 35.8 Å². The second-order valence-electron chi connectivity index (χ2n) is 5.04. The van der Waals surface area contributed by atoms with Crippen LogP contribution in [0.2, 0.25) is 0 Å². The van der Waals surface area contributed by atoms with Gasteiger partial charge in [-0.2, -0.15) is 0 Å². The zero-order valence-corrected chi connectivity index (χ0v) is 12.8. The average Bonchev–Trinajstić information content (AvgIpc) is 2.76. The molecule has 1 aromatic heterocycles. The largest absolute Gasteiger partial charge is 0.322 e. The van der Waals surface area contributed by atoms with Crippen molar-refractivity contribution < 1.29 is 0 Å². The second-order valence-corrected chi connectivity index (χ2v) is 6.89. The molecule has 0 aliphatic carbocycles. The zero-order chi connectivity index (χ0) is 12.5. The van der Waals surface area contributed by atoms with Gasteiger partial charge < -0.3 is 11.1 Å². The Balaban J connectivity index is 2.13. The van der Waals surface area contributed by atoms with E-state index in [1.165, 1.54) is 4.88 Å². The molecule has 0 saturated carbocycles. The summed E-state index contributed by atoms with van der Waals surface area (Å²) >= 11 is 5.23. The summed E-state index contributed by atoms with van der Waals surface area (Å²) in [5, 5.41) is 5.48. The minimum absolute atomic E-state index is 0.00634. The van der Waals surface area contributed by atoms with Gasteiger partial charge in [0.2, 0.25) is 0 Å². The number of halogens is 1. The Kier molecular flexibility index (Phi) is 4.26. The van der Waals surface area contributed by atoms with E-state index in [4.69, 9.17) is 5.73 Å². The maximum Gasteiger partial charge on any atom is 0.0571 e. The summed E-state index contributed by atoms with van der Waals surface area (Å²) in [5.41, 5.74) is 6.45. The van der Waals surface area contributed by atoms with Crippen molar-refractivity contribution in [3.05, 3.63) is 20.8 Å². The topological polar surface area (TPSA) is 41.3 Å². The Morgan fingerprint density at radius 2 is 2.12 bits per heavy atom. The predicted octanol–water partition coefficient (Wildman–Crippen LogP) is 2.19. The lowest BCUT2D eigenvalue weighted by molar-refractivity contribution is 0.0810. The molecule has 0 aromatic carbocycles. The molecule has 1 atom stereocenters. The number of piperazine rings is 1. The maximum atomic E-state index is 6.44. The highest BCUT2D eigenvalue weighted by Crippen LogP contribution is 2.34. The van der Waals surface area contributed by atoms with Crippen LogP contribution in [0.25, 0.3) is 0 Å². The quantitative estimate of drug-likeness (QED) is 0.898. The monoisotopic (exact) mass is 317 g/mol. The molecular weight excluding hydrogens is 298 g/mol. The third kappa shape index (κ3) is 2.90. The molecule has 2 rings (SSSR count). The molecule has 0 bridgehead atoms. The van der Waals surface area contributed by atoms with E-state index in [0.29, 0.717) is 0 Å². The Morgan fingerprint density at radius 1 is 1.47 bits per heavy atom. The zero-order valence-electron chi connectivity index (χ0n) is 10.4. The van der Waals surface area contributed by atoms with Gasteiger partial charge in [-0.3, -0.25) is 4.90 Å². The average molecular weight is 318 g/mol. The van der Waals surface area contributed by atoms with E-state index in [1.54, 1.807) is 11.3 Å². The molecule has 2 heterocycles. The summed E-state index contributed by atoms with van der Waals surface area (Å²) in [7, 11) is 0. The highest BCUT2D eigenvalue weighted by atomic mass is 79.9. The van der Waals surface area contributed by atoms with Gasteiger partial charge in [-0.1, -0.05) is 0 Å². The van der Waals surface area contributed by atoms with Gasteiger partial charge in [0.1, 0.15) is 0 Å². The van der Waals surface area contributed by atoms with Gasteiger partial charge in [0.25, 0.3) is 0 Å². The van der Waals surface area contributed by atoms with Crippen molar-refractivity contribution in [3.63, 3.8) is 0 Å². The molecule has 96 valence electrons. The van der Waals surface area contributed by atoms with Crippen LogP contribution < -0.4 is 11.1 Å². The molecule has 1 saturated heterocycles. The molecule has 3 N–H and O–H groups in total. The summed E-state index contributed by atoms with van der Waals surface area (Å²) in [6.45, 7) is 8.77. The Morgan fingerprint density at radius 3 is 2.65 bits per heavy atom. The lowest BCUT2D eigenvalue weighted by Gasteiger charge is -2.44. The molecule has 1 aliphatic rings. The lowest BCUT2D eigenvalue weighted by Crippen LogP contribution is -2.57. The van der Waals surface area contributed by atoms with Crippen LogP contribution in [0, 0.1) is 0 Å². The number of hydrogen-bond donors (Lipinski definition) is 2. The maximum absolute atomic E-state index is 6.44. The van der Waals surface area contributed by atoms with E-state index in [2.05, 4.69) is 51.4 Å². The van der Waals surface area contributed by atoms with E-state index >= 15 is 0 Å². The van der Waals surface area contributed by atoms with Gasteiger partial charge >= 0.3 is 0 Å². The van der Waals surface area contributed by atoms with Crippen LogP contribution in [0.5, 0.6) is 0 Å². The summed E-state index contributed by atoms with van der Waals surface area (Å²) < 4.78 is 1.13. The first kappa shape index (κ1) is 13.5. The molecule has 3 nitrogen and oxygen atoms in total. The van der Waals surface area contributed by atoms with E-state index in [1.807, 2.05) is 0 Å². The molecular formula is C12H20BrN3S. The summed E-state index contributed by atoms with van der Waals surface area (Å²) in [5.74, 6) is 0. The van der Waals surface area contributed by atoms with Gasteiger partial charge in [-0.25, -0.2) is 0 Å². The summed E-state index contributed by atoms with van der Waals surface area (Å²) in [6, 6.07) is 2.20. The van der Waals surface area contributed by atoms with Crippen LogP contribution >= 0.6 is 27.3 Å². The second kappa shape index (κ2) is 5.36. The van der Waals surface area contributed by atoms with Crippen LogP contribution in [0.1, 0.15) is 24.8 Å². The van der Waals surface area contributed by atoms with Crippen molar-refractivity contribution in [2.75, 3.05) is 26.2 Å². The summed E-state index contributed by atoms with van der Waals surface area (Å²) in [4.78, 5) is 3.74. The fraction of sp³-hybridized carbons (Fsp3) is 0.667. The number of rotatable bonds is 3. The van der Waals surface area contributed by atoms with Crippen LogP contribution in [-0.2, 0) is 0 Å². The molecule has 1 fully saturated rings. The Hall–Kier alpha value is 0.0600. The van der Waals surface area contributed by atoms with Crippen molar-refractivity contribution in [2.24, 2.45) is 5.73 Å². The van der Waals surface area contributed by atoms with E-state index in [0.717, 1.165) is 30.7 Å². The molecule has 0 spiro atoms. The van der Waals surface area contributed by atoms with Gasteiger partial charge in [0.15, 0.2) is 0 Å². The van der Waals surface area contributed by atoms with Gasteiger partial charge in [0, 0.05) is 46.4 Å². The van der Waals surface area contributed by atoms with E-state index in [9.17, 15) is 0 Å². The highest BCUT2D eigenvalue weighted by molar-refractivity contribution is 9.10. The first-order valence-corrected chi connectivity index (χ1v) is 7.64. The molecule has 1 unspecified atom stereocenters. The number of nitrogens with one attached hydrogen (secondary N) is 1. The fourth-order valence-corrected chi connectivity index (χ4v) is 3.90. The number of hydrogen-bond acceptors (Lipinski definition) is 4. The smallest absolute Gasteiger partial charge is 0.0571 e. The van der Waals surface area contributed by atoms with Crippen molar-refractivity contribution in [1.82, 2.24) is 10.2 Å². The van der Waals surface area contributed by atoms with Crippen LogP contribution in [0.15, 0.2) is 15.9 Å². The van der Waals surface area contributed by atoms with Crippen molar-refractivity contribution >= 4 is 27.3 Å². The Bertz CT molecular complexity index is 372. The van der Waals surface area contributed by atoms with Crippen LogP contribution in [0.3, 0.4) is 0 Å². The summed E-state index contributed by atoms with van der Waals surface area (Å²) in [6.07, 6.45) is 0. The molecule has 0 amide bonds. The molecule has 17 heavy (non-hydrogen) atoms. The SMILES string of the molecule is CC(C)(C(N)c1cc(Br)cs1)N1CCNCC1. The first-order valence-electron chi connectivity index (χ1n) is 5.97. The standard InChI is InChI=1S/C12H20BrN3S/c1-12(2,16-5-3-15-4-6-16)11(14)10-7-9(13)8-17-10/h7-8,11,15H,3-6,14H2,1-2H3. The third-order valence-corrected chi connectivity index (χ3v) is 5.36. The van der Waals surface area contributed by atoms with Crippen LogP contribution in [0.4, 0.5) is 0 Å².